The van der Waals surface area contributed by atoms with Crippen molar-refractivity contribution in [2.45, 2.75) is 19.4 Å². The first-order valence-electron chi connectivity index (χ1n) is 5.43. The summed E-state index contributed by atoms with van der Waals surface area (Å²) in [5.74, 6) is -0.818. The van der Waals surface area contributed by atoms with Crippen LogP contribution in [-0.2, 0) is 4.79 Å². The van der Waals surface area contributed by atoms with E-state index in [1.165, 1.54) is 12.1 Å². The highest BCUT2D eigenvalue weighted by molar-refractivity contribution is 9.10. The van der Waals surface area contributed by atoms with E-state index in [1.54, 1.807) is 19.9 Å². The van der Waals surface area contributed by atoms with Crippen molar-refractivity contribution in [3.8, 4) is 5.75 Å². The van der Waals surface area contributed by atoms with Crippen molar-refractivity contribution in [3.05, 3.63) is 28.5 Å². The van der Waals surface area contributed by atoms with Gasteiger partial charge in [-0.3, -0.25) is 4.79 Å². The highest BCUT2D eigenvalue weighted by Gasteiger charge is 2.18. The number of carbonyl (C=O) groups excluding carboxylic acids is 1. The molecule has 6 heteroatoms. The average Bonchev–Trinajstić information content (AvgIpc) is 2.27. The van der Waals surface area contributed by atoms with Crippen LogP contribution in [0.25, 0.3) is 0 Å². The number of rotatable bonds is 5. The summed E-state index contributed by atoms with van der Waals surface area (Å²) < 4.78 is 19.1. The van der Waals surface area contributed by atoms with E-state index in [-0.39, 0.29) is 18.3 Å². The van der Waals surface area contributed by atoms with E-state index in [1.807, 2.05) is 0 Å². The maximum absolute atomic E-state index is 13.4. The zero-order valence-electron chi connectivity index (χ0n) is 10.3. The Labute approximate surface area is 114 Å². The Balaban J connectivity index is 2.53. The molecule has 1 amide bonds. The Morgan fingerprint density at radius 1 is 1.56 bits per heavy atom. The fourth-order valence-corrected chi connectivity index (χ4v) is 1.53. The van der Waals surface area contributed by atoms with Crippen LogP contribution in [0.2, 0.25) is 0 Å². The Morgan fingerprint density at radius 3 is 2.78 bits per heavy atom. The highest BCUT2D eigenvalue weighted by atomic mass is 79.9. The number of hydrogen-bond donors (Lipinski definition) is 2. The molecular formula is C12H16BrFN2O2. The monoisotopic (exact) mass is 318 g/mol. The molecule has 0 saturated heterocycles. The van der Waals surface area contributed by atoms with Crippen molar-refractivity contribution in [1.29, 1.82) is 0 Å². The lowest BCUT2D eigenvalue weighted by Gasteiger charge is -2.24. The molecule has 0 atom stereocenters. The minimum Gasteiger partial charge on any atom is -0.481 e. The van der Waals surface area contributed by atoms with Crippen molar-refractivity contribution in [3.63, 3.8) is 0 Å². The number of benzene rings is 1. The van der Waals surface area contributed by atoms with E-state index in [0.29, 0.717) is 11.0 Å². The number of amides is 1. The maximum Gasteiger partial charge on any atom is 0.258 e. The third kappa shape index (κ3) is 4.62. The summed E-state index contributed by atoms with van der Waals surface area (Å²) in [7, 11) is 0. The summed E-state index contributed by atoms with van der Waals surface area (Å²) in [6.45, 7) is 3.66. The molecule has 0 heterocycles. The van der Waals surface area contributed by atoms with Gasteiger partial charge in [-0.1, -0.05) is 15.9 Å². The number of hydrogen-bond acceptors (Lipinski definition) is 3. The van der Waals surface area contributed by atoms with Gasteiger partial charge in [-0.25, -0.2) is 4.39 Å². The molecule has 0 bridgehead atoms. The smallest absolute Gasteiger partial charge is 0.258 e. The molecule has 0 radical (unpaired) electrons. The van der Waals surface area contributed by atoms with Gasteiger partial charge in [0.25, 0.3) is 5.91 Å². The Kier molecular flexibility index (Phi) is 5.10. The highest BCUT2D eigenvalue weighted by Crippen LogP contribution is 2.21. The van der Waals surface area contributed by atoms with Gasteiger partial charge in [0.15, 0.2) is 18.2 Å². The number of ether oxygens (including phenoxy) is 1. The molecule has 100 valence electrons. The van der Waals surface area contributed by atoms with Gasteiger partial charge in [0.2, 0.25) is 0 Å². The summed E-state index contributed by atoms with van der Waals surface area (Å²) >= 11 is 3.14. The second kappa shape index (κ2) is 6.15. The summed E-state index contributed by atoms with van der Waals surface area (Å²) in [6.07, 6.45) is 0. The van der Waals surface area contributed by atoms with E-state index >= 15 is 0 Å². The molecule has 1 aromatic rings. The largest absolute Gasteiger partial charge is 0.481 e. The third-order valence-electron chi connectivity index (χ3n) is 2.24. The van der Waals surface area contributed by atoms with Crippen molar-refractivity contribution >= 4 is 21.8 Å². The fourth-order valence-electron chi connectivity index (χ4n) is 1.20. The fraction of sp³-hybridized carbons (Fsp3) is 0.417. The van der Waals surface area contributed by atoms with Crippen molar-refractivity contribution in [2.24, 2.45) is 5.73 Å². The third-order valence-corrected chi connectivity index (χ3v) is 2.73. The Bertz CT molecular complexity index is 438. The molecule has 0 aliphatic rings. The van der Waals surface area contributed by atoms with Crippen molar-refractivity contribution < 1.29 is 13.9 Å². The number of nitrogens with one attached hydrogen (secondary N) is 1. The lowest BCUT2D eigenvalue weighted by atomic mass is 10.1. The van der Waals surface area contributed by atoms with Crippen LogP contribution in [-0.4, -0.2) is 24.6 Å². The van der Waals surface area contributed by atoms with Gasteiger partial charge in [-0.2, -0.15) is 0 Å². The molecule has 0 aliphatic heterocycles. The van der Waals surface area contributed by atoms with E-state index in [0.717, 1.165) is 0 Å². The normalized spacial score (nSPS) is 11.2. The average molecular weight is 319 g/mol. The second-order valence-corrected chi connectivity index (χ2v) is 5.42. The molecule has 0 fully saturated rings. The number of carbonyl (C=O) groups is 1. The predicted octanol–water partition coefficient (Wildman–Crippen LogP) is 1.82. The minimum absolute atomic E-state index is 0.0407. The molecule has 3 N–H and O–H groups in total. The van der Waals surface area contributed by atoms with Gasteiger partial charge in [0.1, 0.15) is 0 Å². The summed E-state index contributed by atoms with van der Waals surface area (Å²) in [6, 6.07) is 4.37. The molecule has 0 spiro atoms. The molecule has 0 aliphatic carbocycles. The first-order valence-corrected chi connectivity index (χ1v) is 6.22. The molecule has 0 unspecified atom stereocenters. The van der Waals surface area contributed by atoms with Gasteiger partial charge < -0.3 is 15.8 Å². The number of nitrogens with two attached hydrogens (primary N) is 1. The van der Waals surface area contributed by atoms with E-state index in [4.69, 9.17) is 10.5 Å². The molecule has 0 saturated carbocycles. The van der Waals surface area contributed by atoms with Gasteiger partial charge in [-0.05, 0) is 32.0 Å². The van der Waals surface area contributed by atoms with Crippen LogP contribution in [0.5, 0.6) is 5.75 Å². The number of halogens is 2. The van der Waals surface area contributed by atoms with Crippen LogP contribution in [0.3, 0.4) is 0 Å². The summed E-state index contributed by atoms with van der Waals surface area (Å²) in [5.41, 5.74) is 4.98. The van der Waals surface area contributed by atoms with Gasteiger partial charge >= 0.3 is 0 Å². The molecule has 1 aromatic carbocycles. The van der Waals surface area contributed by atoms with E-state index in [2.05, 4.69) is 21.2 Å². The maximum atomic E-state index is 13.4. The lowest BCUT2D eigenvalue weighted by molar-refractivity contribution is -0.124. The first kappa shape index (κ1) is 14.9. The van der Waals surface area contributed by atoms with Crippen LogP contribution >= 0.6 is 15.9 Å². The predicted molar refractivity (Wildman–Crippen MR) is 70.9 cm³/mol. The quantitative estimate of drug-likeness (QED) is 0.870. The molecule has 0 aromatic heterocycles. The van der Waals surface area contributed by atoms with Crippen LogP contribution < -0.4 is 15.8 Å². The SMILES string of the molecule is CC(C)(CN)NC(=O)COc1ccc(Br)cc1F. The second-order valence-electron chi connectivity index (χ2n) is 4.50. The minimum atomic E-state index is -0.518. The van der Waals surface area contributed by atoms with Crippen LogP contribution in [0.4, 0.5) is 4.39 Å². The van der Waals surface area contributed by atoms with Gasteiger partial charge in [-0.15, -0.1) is 0 Å². The van der Waals surface area contributed by atoms with Crippen LogP contribution in [0.15, 0.2) is 22.7 Å². The molecule has 1 rings (SSSR count). The zero-order valence-corrected chi connectivity index (χ0v) is 11.9. The van der Waals surface area contributed by atoms with Gasteiger partial charge in [0, 0.05) is 16.6 Å². The topological polar surface area (TPSA) is 64.3 Å². The van der Waals surface area contributed by atoms with Crippen LogP contribution in [0.1, 0.15) is 13.8 Å². The van der Waals surface area contributed by atoms with Gasteiger partial charge in [0.05, 0.1) is 0 Å². The van der Waals surface area contributed by atoms with Crippen LogP contribution in [0, 0.1) is 5.82 Å². The van der Waals surface area contributed by atoms with E-state index in [9.17, 15) is 9.18 Å². The standard InChI is InChI=1S/C12H16BrFN2O2/c1-12(2,7-15)16-11(17)6-18-10-4-3-8(13)5-9(10)14/h3-5H,6-7,15H2,1-2H3,(H,16,17). The lowest BCUT2D eigenvalue weighted by Crippen LogP contribution is -2.50. The van der Waals surface area contributed by atoms with Crippen molar-refractivity contribution in [2.75, 3.05) is 13.2 Å². The Hall–Kier alpha value is -1.14. The Morgan fingerprint density at radius 2 is 2.22 bits per heavy atom. The molecule has 4 nitrogen and oxygen atoms in total. The molecular weight excluding hydrogens is 303 g/mol. The molecule has 18 heavy (non-hydrogen) atoms. The first-order chi connectivity index (χ1) is 8.34. The summed E-state index contributed by atoms with van der Waals surface area (Å²) in [4.78, 5) is 11.5. The summed E-state index contributed by atoms with van der Waals surface area (Å²) in [5, 5.41) is 2.69. The zero-order chi connectivity index (χ0) is 13.8. The van der Waals surface area contributed by atoms with E-state index < -0.39 is 11.4 Å². The van der Waals surface area contributed by atoms with Crippen molar-refractivity contribution in [1.82, 2.24) is 5.32 Å².